The van der Waals surface area contributed by atoms with Gasteiger partial charge in [0, 0.05) is 11.6 Å². The fraction of sp³-hybridized carbons (Fsp3) is 0.500. The number of benzene rings is 1. The number of alkyl halides is 3. The van der Waals surface area contributed by atoms with Crippen LogP contribution < -0.4 is 5.73 Å². The van der Waals surface area contributed by atoms with Crippen molar-refractivity contribution >= 4 is 0 Å². The van der Waals surface area contributed by atoms with E-state index in [1.807, 2.05) is 0 Å². The van der Waals surface area contributed by atoms with E-state index in [9.17, 15) is 22.0 Å². The fourth-order valence-corrected chi connectivity index (χ4v) is 2.21. The van der Waals surface area contributed by atoms with E-state index >= 15 is 0 Å². The molecule has 2 nitrogen and oxygen atoms in total. The summed E-state index contributed by atoms with van der Waals surface area (Å²) in [6.07, 6.45) is -4.80. The third kappa shape index (κ3) is 2.71. The topological polar surface area (TPSA) is 46.2 Å². The lowest BCUT2D eigenvalue weighted by Gasteiger charge is -2.36. The van der Waals surface area contributed by atoms with Crippen molar-refractivity contribution in [2.24, 2.45) is 11.7 Å². The molecular weight excluding hydrogens is 269 g/mol. The van der Waals surface area contributed by atoms with Gasteiger partial charge >= 0.3 is 6.18 Å². The number of rotatable bonds is 2. The molecule has 106 valence electrons. The van der Waals surface area contributed by atoms with Crippen molar-refractivity contribution in [2.75, 3.05) is 0 Å². The van der Waals surface area contributed by atoms with Gasteiger partial charge in [0.05, 0.1) is 11.7 Å². The lowest BCUT2D eigenvalue weighted by Crippen LogP contribution is -2.37. The molecule has 19 heavy (non-hydrogen) atoms. The lowest BCUT2D eigenvalue weighted by molar-refractivity contribution is -0.140. The van der Waals surface area contributed by atoms with Gasteiger partial charge in [0.15, 0.2) is 0 Å². The summed E-state index contributed by atoms with van der Waals surface area (Å²) in [5.74, 6) is -2.97. The highest BCUT2D eigenvalue weighted by atomic mass is 19.4. The summed E-state index contributed by atoms with van der Waals surface area (Å²) in [5, 5.41) is 9.12. The molecule has 1 aliphatic carbocycles. The number of hydrogen-bond acceptors (Lipinski definition) is 2. The first kappa shape index (κ1) is 14.2. The maximum Gasteiger partial charge on any atom is 0.419 e. The molecule has 0 amide bonds. The first-order valence-electron chi connectivity index (χ1n) is 5.70. The summed E-state index contributed by atoms with van der Waals surface area (Å²) in [6.45, 7) is 0. The van der Waals surface area contributed by atoms with Gasteiger partial charge in [0.1, 0.15) is 11.6 Å². The van der Waals surface area contributed by atoms with Gasteiger partial charge in [-0.2, -0.15) is 13.2 Å². The van der Waals surface area contributed by atoms with Crippen LogP contribution in [0, 0.1) is 17.6 Å². The first-order valence-corrected chi connectivity index (χ1v) is 5.70. The van der Waals surface area contributed by atoms with E-state index in [2.05, 4.69) is 0 Å². The van der Waals surface area contributed by atoms with Crippen LogP contribution in [0.1, 0.15) is 30.0 Å². The maximum absolute atomic E-state index is 13.6. The van der Waals surface area contributed by atoms with Gasteiger partial charge in [-0.25, -0.2) is 8.78 Å². The van der Waals surface area contributed by atoms with Gasteiger partial charge in [-0.3, -0.25) is 0 Å². The summed E-state index contributed by atoms with van der Waals surface area (Å²) in [5.41, 5.74) is 3.76. The molecule has 0 saturated heterocycles. The van der Waals surface area contributed by atoms with Gasteiger partial charge in [-0.05, 0) is 30.9 Å². The van der Waals surface area contributed by atoms with Crippen molar-refractivity contribution in [1.82, 2.24) is 0 Å². The molecule has 1 saturated carbocycles. The molecule has 0 unspecified atom stereocenters. The van der Waals surface area contributed by atoms with E-state index in [0.29, 0.717) is 18.9 Å². The van der Waals surface area contributed by atoms with Crippen molar-refractivity contribution < 1.29 is 27.1 Å². The zero-order valence-corrected chi connectivity index (χ0v) is 9.72. The van der Waals surface area contributed by atoms with Crippen LogP contribution in [0.15, 0.2) is 12.1 Å². The Balaban J connectivity index is 2.30. The third-order valence-electron chi connectivity index (χ3n) is 3.41. The van der Waals surface area contributed by atoms with E-state index < -0.39 is 35.5 Å². The van der Waals surface area contributed by atoms with Crippen LogP contribution in [0.2, 0.25) is 0 Å². The van der Waals surface area contributed by atoms with E-state index in [4.69, 9.17) is 10.8 Å². The monoisotopic (exact) mass is 281 g/mol. The van der Waals surface area contributed by atoms with Crippen molar-refractivity contribution in [1.29, 1.82) is 0 Å². The summed E-state index contributed by atoms with van der Waals surface area (Å²) in [4.78, 5) is 0. The Morgan fingerprint density at radius 3 is 2.21 bits per heavy atom. The van der Waals surface area contributed by atoms with E-state index in [0.717, 1.165) is 0 Å². The number of halogens is 5. The van der Waals surface area contributed by atoms with Crippen molar-refractivity contribution in [3.8, 4) is 0 Å². The van der Waals surface area contributed by atoms with Crippen LogP contribution in [0.3, 0.4) is 0 Å². The summed E-state index contributed by atoms with van der Waals surface area (Å²) >= 11 is 0. The molecule has 0 spiro atoms. The average molecular weight is 281 g/mol. The lowest BCUT2D eigenvalue weighted by atomic mass is 9.75. The minimum Gasteiger partial charge on any atom is -0.393 e. The minimum atomic E-state index is -4.94. The molecule has 1 fully saturated rings. The van der Waals surface area contributed by atoms with Crippen molar-refractivity contribution in [3.63, 3.8) is 0 Å². The predicted molar refractivity (Wildman–Crippen MR) is 57.0 cm³/mol. The zero-order valence-electron chi connectivity index (χ0n) is 9.72. The van der Waals surface area contributed by atoms with Crippen LogP contribution in [-0.4, -0.2) is 11.2 Å². The molecule has 1 aromatic rings. The standard InChI is InChI=1S/C12H12F5NO/c13-9-4-8(12(15,16)17)10(14)3-7(9)11(18)5-1-6(19)2-5/h3-6,11,19H,1-2,18H2/t5?,6?,11-/m1/s1. The smallest absolute Gasteiger partial charge is 0.393 e. The van der Waals surface area contributed by atoms with E-state index in [1.165, 1.54) is 0 Å². The summed E-state index contributed by atoms with van der Waals surface area (Å²) in [6, 6.07) is -0.298. The Morgan fingerprint density at radius 2 is 1.74 bits per heavy atom. The second-order valence-electron chi connectivity index (χ2n) is 4.76. The normalized spacial score (nSPS) is 25.0. The zero-order chi connectivity index (χ0) is 14.4. The average Bonchev–Trinajstić information content (AvgIpc) is 2.25. The Hall–Kier alpha value is -1.21. The molecule has 1 aromatic carbocycles. The molecule has 0 bridgehead atoms. The molecular formula is C12H12F5NO. The van der Waals surface area contributed by atoms with Gasteiger partial charge in [0.25, 0.3) is 0 Å². The quantitative estimate of drug-likeness (QED) is 0.819. The van der Waals surface area contributed by atoms with Crippen LogP contribution in [0.5, 0.6) is 0 Å². The van der Waals surface area contributed by atoms with Crippen molar-refractivity contribution in [2.45, 2.75) is 31.2 Å². The van der Waals surface area contributed by atoms with Crippen LogP contribution in [-0.2, 0) is 6.18 Å². The van der Waals surface area contributed by atoms with Gasteiger partial charge in [-0.1, -0.05) is 0 Å². The Morgan fingerprint density at radius 1 is 1.16 bits per heavy atom. The highest BCUT2D eigenvalue weighted by Gasteiger charge is 2.38. The third-order valence-corrected chi connectivity index (χ3v) is 3.41. The van der Waals surface area contributed by atoms with Crippen LogP contribution in [0.4, 0.5) is 22.0 Å². The molecule has 0 aliphatic heterocycles. The predicted octanol–water partition coefficient (Wildman–Crippen LogP) is 2.75. The maximum atomic E-state index is 13.6. The molecule has 1 atom stereocenters. The van der Waals surface area contributed by atoms with E-state index in [1.54, 1.807) is 0 Å². The van der Waals surface area contributed by atoms with Crippen LogP contribution >= 0.6 is 0 Å². The molecule has 0 heterocycles. The fourth-order valence-electron chi connectivity index (χ4n) is 2.21. The first-order chi connectivity index (χ1) is 8.70. The number of nitrogens with two attached hydrogens (primary N) is 1. The van der Waals surface area contributed by atoms with E-state index in [-0.39, 0.29) is 17.5 Å². The molecule has 2 rings (SSSR count). The highest BCUT2D eigenvalue weighted by molar-refractivity contribution is 5.30. The summed E-state index contributed by atoms with van der Waals surface area (Å²) < 4.78 is 64.1. The number of aliphatic hydroxyl groups excluding tert-OH is 1. The van der Waals surface area contributed by atoms with Gasteiger partial charge < -0.3 is 10.8 Å². The molecule has 0 aromatic heterocycles. The number of aliphatic hydroxyl groups is 1. The van der Waals surface area contributed by atoms with Gasteiger partial charge in [-0.15, -0.1) is 0 Å². The Kier molecular flexibility index (Phi) is 3.53. The molecule has 3 N–H and O–H groups in total. The SMILES string of the molecule is N[C@@H](c1cc(F)c(C(F)(F)F)cc1F)C1CC(O)C1. The van der Waals surface area contributed by atoms with Crippen LogP contribution in [0.25, 0.3) is 0 Å². The highest BCUT2D eigenvalue weighted by Crippen LogP contribution is 2.39. The summed E-state index contributed by atoms with van der Waals surface area (Å²) in [7, 11) is 0. The number of hydrogen-bond donors (Lipinski definition) is 2. The second kappa shape index (κ2) is 4.72. The molecule has 7 heteroatoms. The van der Waals surface area contributed by atoms with Crippen molar-refractivity contribution in [3.05, 3.63) is 34.9 Å². The second-order valence-corrected chi connectivity index (χ2v) is 4.76. The Bertz CT molecular complexity index is 482. The minimum absolute atomic E-state index is 0.125. The molecule has 0 radical (unpaired) electrons. The molecule has 1 aliphatic rings. The Labute approximate surface area is 106 Å². The largest absolute Gasteiger partial charge is 0.419 e. The van der Waals surface area contributed by atoms with Gasteiger partial charge in [0.2, 0.25) is 0 Å².